The van der Waals surface area contributed by atoms with Crippen molar-refractivity contribution in [2.24, 2.45) is 5.92 Å². The fourth-order valence-electron chi connectivity index (χ4n) is 3.18. The lowest BCUT2D eigenvalue weighted by Gasteiger charge is -2.10. The predicted octanol–water partition coefficient (Wildman–Crippen LogP) is 5.54. The molecule has 0 saturated carbocycles. The van der Waals surface area contributed by atoms with Crippen LogP contribution in [0.25, 0.3) is 0 Å². The van der Waals surface area contributed by atoms with E-state index in [4.69, 9.17) is 0 Å². The number of hydrogen-bond donors (Lipinski definition) is 0. The molecule has 0 aliphatic heterocycles. The van der Waals surface area contributed by atoms with Gasteiger partial charge in [-0.3, -0.25) is 9.59 Å². The third-order valence-electron chi connectivity index (χ3n) is 4.71. The summed E-state index contributed by atoms with van der Waals surface area (Å²) < 4.78 is 4.63. The minimum absolute atomic E-state index is 0.137. The molecule has 0 N–H and O–H groups in total. The van der Waals surface area contributed by atoms with Gasteiger partial charge in [0.25, 0.3) is 0 Å². The topological polar surface area (TPSA) is 43.4 Å². The van der Waals surface area contributed by atoms with Gasteiger partial charge in [-0.25, -0.2) is 0 Å². The second kappa shape index (κ2) is 13.0. The fraction of sp³-hybridized carbons (Fsp3) is 0.714. The zero-order chi connectivity index (χ0) is 17.6. The van der Waals surface area contributed by atoms with Crippen LogP contribution in [0.4, 0.5) is 0 Å². The number of methoxy groups -OCH3 is 1. The Morgan fingerprint density at radius 3 is 2.54 bits per heavy atom. The quantitative estimate of drug-likeness (QED) is 0.252. The first kappa shape index (κ1) is 20.7. The van der Waals surface area contributed by atoms with E-state index in [2.05, 4.69) is 23.8 Å². The van der Waals surface area contributed by atoms with Crippen LogP contribution < -0.4 is 0 Å². The Morgan fingerprint density at radius 2 is 1.79 bits per heavy atom. The number of esters is 1. The first-order valence-corrected chi connectivity index (χ1v) is 9.68. The van der Waals surface area contributed by atoms with Gasteiger partial charge in [-0.15, -0.1) is 0 Å². The van der Waals surface area contributed by atoms with E-state index < -0.39 is 0 Å². The summed E-state index contributed by atoms with van der Waals surface area (Å²) in [6, 6.07) is 0. The van der Waals surface area contributed by atoms with E-state index in [1.54, 1.807) is 6.08 Å². The molecule has 0 heterocycles. The molecule has 1 atom stereocenters. The van der Waals surface area contributed by atoms with Gasteiger partial charge in [0.1, 0.15) is 0 Å². The molecule has 0 saturated heterocycles. The van der Waals surface area contributed by atoms with Crippen LogP contribution in [0, 0.1) is 5.92 Å². The maximum atomic E-state index is 12.0. The molecule has 0 aromatic heterocycles. The smallest absolute Gasteiger partial charge is 0.305 e. The highest BCUT2D eigenvalue weighted by atomic mass is 16.5. The minimum Gasteiger partial charge on any atom is -0.469 e. The number of ketones is 1. The molecule has 3 nitrogen and oxygen atoms in total. The third-order valence-corrected chi connectivity index (χ3v) is 4.71. The maximum Gasteiger partial charge on any atom is 0.305 e. The third kappa shape index (κ3) is 8.47. The van der Waals surface area contributed by atoms with Crippen molar-refractivity contribution in [3.05, 3.63) is 23.8 Å². The standard InChI is InChI=1S/C21H34O3/c1-3-4-5-6-7-10-13-18-16-17-20(22)19(18)14-11-8-9-12-15-21(23)24-2/h14,16-18H,3-13,15H2,1-2H3/b19-14+/t18-/m1/s1. The lowest BCUT2D eigenvalue weighted by molar-refractivity contribution is -0.140. The van der Waals surface area contributed by atoms with Crippen molar-refractivity contribution in [3.63, 3.8) is 0 Å². The summed E-state index contributed by atoms with van der Waals surface area (Å²) in [7, 11) is 1.43. The molecule has 0 aromatic carbocycles. The Hall–Kier alpha value is -1.38. The van der Waals surface area contributed by atoms with E-state index in [0.29, 0.717) is 12.3 Å². The van der Waals surface area contributed by atoms with Crippen molar-refractivity contribution in [3.8, 4) is 0 Å². The number of unbranched alkanes of at least 4 members (excludes halogenated alkanes) is 8. The Kier molecular flexibility index (Phi) is 11.2. The molecule has 0 amide bonds. The van der Waals surface area contributed by atoms with Gasteiger partial charge in [0.2, 0.25) is 0 Å². The number of rotatable bonds is 13. The predicted molar refractivity (Wildman–Crippen MR) is 98.8 cm³/mol. The van der Waals surface area contributed by atoms with Gasteiger partial charge in [0.05, 0.1) is 7.11 Å². The lowest BCUT2D eigenvalue weighted by atomic mass is 9.94. The summed E-state index contributed by atoms with van der Waals surface area (Å²) in [6.45, 7) is 2.24. The summed E-state index contributed by atoms with van der Waals surface area (Å²) in [5, 5.41) is 0. The Morgan fingerprint density at radius 1 is 1.08 bits per heavy atom. The highest BCUT2D eigenvalue weighted by Gasteiger charge is 2.21. The molecule has 0 aromatic rings. The average molecular weight is 335 g/mol. The van der Waals surface area contributed by atoms with Gasteiger partial charge in [-0.05, 0) is 31.8 Å². The molecule has 0 radical (unpaired) electrons. The van der Waals surface area contributed by atoms with Crippen LogP contribution in [-0.4, -0.2) is 18.9 Å². The van der Waals surface area contributed by atoms with Crippen molar-refractivity contribution >= 4 is 11.8 Å². The first-order chi connectivity index (χ1) is 11.7. The van der Waals surface area contributed by atoms with E-state index in [9.17, 15) is 9.59 Å². The Balaban J connectivity index is 2.20. The fourth-order valence-corrected chi connectivity index (χ4v) is 3.18. The van der Waals surface area contributed by atoms with Gasteiger partial charge in [0, 0.05) is 17.9 Å². The molecule has 0 fully saturated rings. The highest BCUT2D eigenvalue weighted by Crippen LogP contribution is 2.27. The molecule has 3 heteroatoms. The monoisotopic (exact) mass is 334 g/mol. The van der Waals surface area contributed by atoms with Crippen LogP contribution in [0.1, 0.15) is 84.0 Å². The van der Waals surface area contributed by atoms with Gasteiger partial charge in [-0.1, -0.05) is 64.0 Å². The molecular weight excluding hydrogens is 300 g/mol. The van der Waals surface area contributed by atoms with Gasteiger partial charge in [-0.2, -0.15) is 0 Å². The van der Waals surface area contributed by atoms with E-state index in [-0.39, 0.29) is 11.8 Å². The number of carbonyl (C=O) groups is 2. The SMILES string of the molecule is CCCCCCCC[C@@H]1C=CC(=O)/C1=C/CCCCCC(=O)OC. The molecule has 136 valence electrons. The average Bonchev–Trinajstić information content (AvgIpc) is 2.94. The molecule has 1 rings (SSSR count). The van der Waals surface area contributed by atoms with Gasteiger partial charge >= 0.3 is 5.97 Å². The van der Waals surface area contributed by atoms with E-state index in [1.165, 1.54) is 45.6 Å². The molecule has 0 bridgehead atoms. The Bertz CT molecular complexity index is 434. The summed E-state index contributed by atoms with van der Waals surface area (Å²) in [5.74, 6) is 0.391. The second-order valence-corrected chi connectivity index (χ2v) is 6.72. The molecule has 1 aliphatic rings. The lowest BCUT2D eigenvalue weighted by Crippen LogP contribution is -2.03. The summed E-state index contributed by atoms with van der Waals surface area (Å²) in [5.41, 5.74) is 0.997. The van der Waals surface area contributed by atoms with Crippen molar-refractivity contribution in [2.75, 3.05) is 7.11 Å². The maximum absolute atomic E-state index is 12.0. The van der Waals surface area contributed by atoms with Crippen molar-refractivity contribution in [2.45, 2.75) is 84.0 Å². The van der Waals surface area contributed by atoms with Crippen LogP contribution >= 0.6 is 0 Å². The summed E-state index contributed by atoms with van der Waals surface area (Å²) >= 11 is 0. The van der Waals surface area contributed by atoms with Gasteiger partial charge in [0.15, 0.2) is 5.78 Å². The minimum atomic E-state index is -0.137. The van der Waals surface area contributed by atoms with Crippen molar-refractivity contribution < 1.29 is 14.3 Å². The molecule has 24 heavy (non-hydrogen) atoms. The van der Waals surface area contributed by atoms with Crippen LogP contribution in [0.5, 0.6) is 0 Å². The van der Waals surface area contributed by atoms with Crippen LogP contribution in [0.15, 0.2) is 23.8 Å². The second-order valence-electron chi connectivity index (χ2n) is 6.72. The zero-order valence-electron chi connectivity index (χ0n) is 15.5. The van der Waals surface area contributed by atoms with E-state index >= 15 is 0 Å². The van der Waals surface area contributed by atoms with E-state index in [1.807, 2.05) is 0 Å². The largest absolute Gasteiger partial charge is 0.469 e. The number of hydrogen-bond acceptors (Lipinski definition) is 3. The zero-order valence-corrected chi connectivity index (χ0v) is 15.5. The van der Waals surface area contributed by atoms with Crippen LogP contribution in [-0.2, 0) is 14.3 Å². The normalized spacial score (nSPS) is 18.5. The summed E-state index contributed by atoms with van der Waals surface area (Å²) in [4.78, 5) is 23.0. The van der Waals surface area contributed by atoms with Crippen LogP contribution in [0.2, 0.25) is 0 Å². The molecule has 0 unspecified atom stereocenters. The number of ether oxygens (including phenoxy) is 1. The van der Waals surface area contributed by atoms with Crippen LogP contribution in [0.3, 0.4) is 0 Å². The highest BCUT2D eigenvalue weighted by molar-refractivity contribution is 6.07. The molecule has 0 spiro atoms. The summed E-state index contributed by atoms with van der Waals surface area (Å²) in [6.07, 6.45) is 19.1. The number of allylic oxidation sites excluding steroid dienone is 4. The number of carbonyl (C=O) groups excluding carboxylic acids is 2. The van der Waals surface area contributed by atoms with Gasteiger partial charge < -0.3 is 4.74 Å². The van der Waals surface area contributed by atoms with E-state index in [0.717, 1.165) is 37.7 Å². The van der Waals surface area contributed by atoms with Crippen molar-refractivity contribution in [1.29, 1.82) is 0 Å². The molecule has 1 aliphatic carbocycles. The molecular formula is C21H34O3. The Labute approximate surface area is 147 Å². The van der Waals surface area contributed by atoms with Crippen molar-refractivity contribution in [1.82, 2.24) is 0 Å². The first-order valence-electron chi connectivity index (χ1n) is 9.68.